The Balaban J connectivity index is 1.92. The molecule has 0 amide bonds. The number of furan rings is 1. The van der Waals surface area contributed by atoms with Gasteiger partial charge >= 0.3 is 0 Å². The van der Waals surface area contributed by atoms with E-state index in [9.17, 15) is 17.2 Å². The van der Waals surface area contributed by atoms with Gasteiger partial charge in [-0.3, -0.25) is 0 Å². The summed E-state index contributed by atoms with van der Waals surface area (Å²) in [4.78, 5) is -0.754. The maximum atomic E-state index is 13.8. The van der Waals surface area contributed by atoms with Gasteiger partial charge < -0.3 is 9.15 Å². The summed E-state index contributed by atoms with van der Waals surface area (Å²) < 4.78 is 65.4. The fraction of sp³-hybridized carbons (Fsp3) is 0.222. The predicted molar refractivity (Wildman–Crippen MR) is 92.5 cm³/mol. The fourth-order valence-corrected chi connectivity index (χ4v) is 3.88. The first kappa shape index (κ1) is 18.3. The zero-order chi connectivity index (χ0) is 18.9. The fourth-order valence-electron chi connectivity index (χ4n) is 2.58. The van der Waals surface area contributed by atoms with Crippen LogP contribution in [0.3, 0.4) is 0 Å². The number of ether oxygens (including phenoxy) is 1. The van der Waals surface area contributed by atoms with E-state index in [4.69, 9.17) is 9.15 Å². The molecule has 0 saturated heterocycles. The van der Waals surface area contributed by atoms with Crippen LogP contribution in [0.1, 0.15) is 25.6 Å². The molecule has 1 heterocycles. The van der Waals surface area contributed by atoms with Crippen molar-refractivity contribution in [3.05, 3.63) is 59.9 Å². The number of fused-ring (bicyclic) bond motifs is 1. The highest BCUT2D eigenvalue weighted by atomic mass is 32.2. The second-order valence-corrected chi connectivity index (χ2v) is 7.36. The molecule has 0 spiro atoms. The molecular formula is C18H17F2NO4S. The Hall–Kier alpha value is -2.45. The van der Waals surface area contributed by atoms with Crippen LogP contribution < -0.4 is 9.46 Å². The summed E-state index contributed by atoms with van der Waals surface area (Å²) in [7, 11) is -4.27. The van der Waals surface area contributed by atoms with Crippen molar-refractivity contribution in [1.29, 1.82) is 0 Å². The van der Waals surface area contributed by atoms with Crippen molar-refractivity contribution < 1.29 is 26.4 Å². The van der Waals surface area contributed by atoms with Gasteiger partial charge in [-0.1, -0.05) is 12.1 Å². The van der Waals surface area contributed by atoms with Crippen molar-refractivity contribution >= 4 is 21.0 Å². The zero-order valence-corrected chi connectivity index (χ0v) is 14.9. The molecule has 1 aromatic heterocycles. The molecule has 0 fully saturated rings. The Labute approximate surface area is 149 Å². The first-order valence-electron chi connectivity index (χ1n) is 7.94. The van der Waals surface area contributed by atoms with Crippen molar-refractivity contribution in [3.8, 4) is 5.75 Å². The molecule has 3 rings (SSSR count). The molecule has 3 aromatic rings. The van der Waals surface area contributed by atoms with Gasteiger partial charge in [-0.15, -0.1) is 0 Å². The predicted octanol–water partition coefficient (Wildman–Crippen LogP) is 4.15. The minimum Gasteiger partial charge on any atom is -0.490 e. The molecule has 8 heteroatoms. The van der Waals surface area contributed by atoms with Crippen molar-refractivity contribution in [1.82, 2.24) is 4.72 Å². The SMILES string of the molecule is CCOc1cccc2cc(C(C)NS(=O)(=O)c3cc(F)ccc3F)oc12. The van der Waals surface area contributed by atoms with E-state index in [2.05, 4.69) is 4.72 Å². The average molecular weight is 381 g/mol. The van der Waals surface area contributed by atoms with Gasteiger partial charge in [0.15, 0.2) is 11.3 Å². The van der Waals surface area contributed by atoms with Gasteiger partial charge in [0.05, 0.1) is 12.6 Å². The number of nitrogens with one attached hydrogen (secondary N) is 1. The van der Waals surface area contributed by atoms with E-state index in [0.29, 0.717) is 29.8 Å². The average Bonchev–Trinajstić information content (AvgIpc) is 3.02. The molecule has 0 radical (unpaired) electrons. The number of hydrogen-bond acceptors (Lipinski definition) is 4. The molecule has 0 saturated carbocycles. The van der Waals surface area contributed by atoms with Crippen LogP contribution in [-0.2, 0) is 10.0 Å². The molecule has 5 nitrogen and oxygen atoms in total. The Morgan fingerprint density at radius 2 is 1.96 bits per heavy atom. The lowest BCUT2D eigenvalue weighted by molar-refractivity contribution is 0.336. The third-order valence-corrected chi connectivity index (χ3v) is 5.32. The monoisotopic (exact) mass is 381 g/mol. The lowest BCUT2D eigenvalue weighted by atomic mass is 10.2. The highest BCUT2D eigenvalue weighted by molar-refractivity contribution is 7.89. The molecule has 0 aliphatic heterocycles. The van der Waals surface area contributed by atoms with Gasteiger partial charge in [0.1, 0.15) is 22.3 Å². The molecule has 1 N–H and O–H groups in total. The number of para-hydroxylation sites is 1. The molecule has 1 unspecified atom stereocenters. The lowest BCUT2D eigenvalue weighted by Crippen LogP contribution is -2.27. The number of benzene rings is 2. The molecular weight excluding hydrogens is 364 g/mol. The second kappa shape index (κ2) is 7.05. The van der Waals surface area contributed by atoms with E-state index in [1.54, 1.807) is 31.2 Å². The summed E-state index contributed by atoms with van der Waals surface area (Å²) in [6.07, 6.45) is 0. The molecule has 26 heavy (non-hydrogen) atoms. The van der Waals surface area contributed by atoms with Crippen molar-refractivity contribution in [2.45, 2.75) is 24.8 Å². The van der Waals surface area contributed by atoms with Crippen LogP contribution in [0.5, 0.6) is 5.75 Å². The summed E-state index contributed by atoms with van der Waals surface area (Å²) in [5.74, 6) is -1.01. The maximum Gasteiger partial charge on any atom is 0.244 e. The summed E-state index contributed by atoms with van der Waals surface area (Å²) in [5, 5.41) is 0.744. The van der Waals surface area contributed by atoms with E-state index in [1.807, 2.05) is 6.92 Å². The quantitative estimate of drug-likeness (QED) is 0.697. The van der Waals surface area contributed by atoms with E-state index in [0.717, 1.165) is 17.5 Å². The van der Waals surface area contributed by atoms with Crippen molar-refractivity contribution in [2.75, 3.05) is 6.61 Å². The summed E-state index contributed by atoms with van der Waals surface area (Å²) in [6.45, 7) is 3.84. The van der Waals surface area contributed by atoms with Crippen LogP contribution in [0.4, 0.5) is 8.78 Å². The van der Waals surface area contributed by atoms with Crippen LogP contribution in [0.2, 0.25) is 0 Å². The normalized spacial score (nSPS) is 13.1. The topological polar surface area (TPSA) is 68.5 Å². The van der Waals surface area contributed by atoms with Crippen molar-refractivity contribution in [3.63, 3.8) is 0 Å². The van der Waals surface area contributed by atoms with E-state index in [-0.39, 0.29) is 0 Å². The number of sulfonamides is 1. The van der Waals surface area contributed by atoms with Gasteiger partial charge in [0, 0.05) is 5.39 Å². The van der Waals surface area contributed by atoms with E-state index in [1.165, 1.54) is 0 Å². The van der Waals surface area contributed by atoms with Crippen LogP contribution in [-0.4, -0.2) is 15.0 Å². The Morgan fingerprint density at radius 3 is 2.69 bits per heavy atom. The highest BCUT2D eigenvalue weighted by Crippen LogP contribution is 2.31. The van der Waals surface area contributed by atoms with Crippen LogP contribution in [0.25, 0.3) is 11.0 Å². The van der Waals surface area contributed by atoms with Gasteiger partial charge in [-0.2, -0.15) is 0 Å². The van der Waals surface area contributed by atoms with Gasteiger partial charge in [0.25, 0.3) is 0 Å². The standard InChI is InChI=1S/C18H17F2NO4S/c1-3-24-15-6-4-5-12-9-16(25-18(12)15)11(2)21-26(22,23)17-10-13(19)7-8-14(17)20/h4-11,21H,3H2,1-2H3. The maximum absolute atomic E-state index is 13.8. The van der Waals surface area contributed by atoms with Crippen molar-refractivity contribution in [2.24, 2.45) is 0 Å². The summed E-state index contributed by atoms with van der Waals surface area (Å²) in [5.41, 5.74) is 0.493. The smallest absolute Gasteiger partial charge is 0.244 e. The summed E-state index contributed by atoms with van der Waals surface area (Å²) in [6, 6.07) is 8.47. The highest BCUT2D eigenvalue weighted by Gasteiger charge is 2.24. The number of hydrogen-bond donors (Lipinski definition) is 1. The number of halogens is 2. The Morgan fingerprint density at radius 1 is 1.19 bits per heavy atom. The second-order valence-electron chi connectivity index (χ2n) is 5.67. The molecule has 138 valence electrons. The van der Waals surface area contributed by atoms with Crippen LogP contribution in [0, 0.1) is 11.6 Å². The molecule has 0 aliphatic rings. The van der Waals surface area contributed by atoms with Gasteiger partial charge in [0.2, 0.25) is 10.0 Å². The molecule has 0 aliphatic carbocycles. The zero-order valence-electron chi connectivity index (χ0n) is 14.1. The van der Waals surface area contributed by atoms with E-state index >= 15 is 0 Å². The molecule has 2 aromatic carbocycles. The first-order chi connectivity index (χ1) is 12.3. The van der Waals surface area contributed by atoms with Gasteiger partial charge in [-0.25, -0.2) is 21.9 Å². The minimum absolute atomic E-state index is 0.326. The molecule has 1 atom stereocenters. The minimum atomic E-state index is -4.27. The molecule has 0 bridgehead atoms. The van der Waals surface area contributed by atoms with Gasteiger partial charge in [-0.05, 0) is 44.2 Å². The third kappa shape index (κ3) is 3.56. The Bertz CT molecular complexity index is 1050. The number of rotatable bonds is 6. The summed E-state index contributed by atoms with van der Waals surface area (Å²) >= 11 is 0. The lowest BCUT2D eigenvalue weighted by Gasteiger charge is -2.12. The Kier molecular flexibility index (Phi) is 4.97. The van der Waals surface area contributed by atoms with Crippen LogP contribution in [0.15, 0.2) is 51.8 Å². The first-order valence-corrected chi connectivity index (χ1v) is 9.42. The van der Waals surface area contributed by atoms with Crippen LogP contribution >= 0.6 is 0 Å². The largest absolute Gasteiger partial charge is 0.490 e. The van der Waals surface area contributed by atoms with E-state index < -0.39 is 32.6 Å². The third-order valence-electron chi connectivity index (χ3n) is 3.77.